The van der Waals surface area contributed by atoms with E-state index < -0.39 is 0 Å². The van der Waals surface area contributed by atoms with Gasteiger partial charge in [0.05, 0.1) is 12.8 Å². The lowest BCUT2D eigenvalue weighted by Gasteiger charge is -2.03. The lowest BCUT2D eigenvalue weighted by molar-refractivity contribution is 0.489. The number of benzene rings is 1. The van der Waals surface area contributed by atoms with Crippen LogP contribution >= 0.6 is 0 Å². The summed E-state index contributed by atoms with van der Waals surface area (Å²) in [5.74, 6) is 0.970. The Balaban J connectivity index is 1.81. The van der Waals surface area contributed by atoms with Crippen molar-refractivity contribution in [2.45, 2.75) is 13.5 Å². The number of hydrogen-bond donors (Lipinski definition) is 1. The van der Waals surface area contributed by atoms with Crippen molar-refractivity contribution in [3.8, 4) is 0 Å². The minimum atomic E-state index is 0.771. The molecule has 1 N–H and O–H groups in total. The minimum absolute atomic E-state index is 0.771. The van der Waals surface area contributed by atoms with Gasteiger partial charge in [0.2, 0.25) is 0 Å². The largest absolute Gasteiger partial charge is 0.468 e. The average Bonchev–Trinajstić information content (AvgIpc) is 2.83. The molecule has 0 unspecified atom stereocenters. The van der Waals surface area contributed by atoms with Gasteiger partial charge in [-0.05, 0) is 24.6 Å². The fourth-order valence-corrected chi connectivity index (χ4v) is 1.68. The number of furan rings is 1. The van der Waals surface area contributed by atoms with Crippen molar-refractivity contribution >= 4 is 6.08 Å². The van der Waals surface area contributed by atoms with E-state index >= 15 is 0 Å². The Morgan fingerprint density at radius 2 is 2.00 bits per heavy atom. The Labute approximate surface area is 102 Å². The quantitative estimate of drug-likeness (QED) is 0.846. The van der Waals surface area contributed by atoms with E-state index in [1.165, 1.54) is 11.1 Å². The van der Waals surface area contributed by atoms with Crippen LogP contribution in [0.15, 0.2) is 58.7 Å². The monoisotopic (exact) mass is 227 g/mol. The van der Waals surface area contributed by atoms with Gasteiger partial charge in [0.15, 0.2) is 0 Å². The van der Waals surface area contributed by atoms with Crippen molar-refractivity contribution in [1.82, 2.24) is 5.32 Å². The van der Waals surface area contributed by atoms with Crippen LogP contribution in [0.2, 0.25) is 0 Å². The lowest BCUT2D eigenvalue weighted by atomic mass is 10.1. The molecule has 2 nitrogen and oxygen atoms in total. The minimum Gasteiger partial charge on any atom is -0.468 e. The zero-order valence-electron chi connectivity index (χ0n) is 10.0. The highest BCUT2D eigenvalue weighted by atomic mass is 16.3. The van der Waals surface area contributed by atoms with Gasteiger partial charge in [0.25, 0.3) is 0 Å². The third kappa shape index (κ3) is 3.93. The molecule has 0 saturated heterocycles. The maximum atomic E-state index is 5.25. The van der Waals surface area contributed by atoms with E-state index in [0.717, 1.165) is 18.8 Å². The van der Waals surface area contributed by atoms with Gasteiger partial charge in [-0.2, -0.15) is 0 Å². The summed E-state index contributed by atoms with van der Waals surface area (Å²) in [7, 11) is 0. The third-order valence-electron chi connectivity index (χ3n) is 2.50. The lowest BCUT2D eigenvalue weighted by Crippen LogP contribution is -2.14. The van der Waals surface area contributed by atoms with Gasteiger partial charge in [0.1, 0.15) is 5.76 Å². The predicted octanol–water partition coefficient (Wildman–Crippen LogP) is 3.47. The molecule has 0 aliphatic heterocycles. The average molecular weight is 227 g/mol. The van der Waals surface area contributed by atoms with Crippen molar-refractivity contribution in [1.29, 1.82) is 0 Å². The highest BCUT2D eigenvalue weighted by Crippen LogP contribution is 2.05. The zero-order valence-corrected chi connectivity index (χ0v) is 10.0. The summed E-state index contributed by atoms with van der Waals surface area (Å²) in [5.41, 5.74) is 2.55. The molecule has 0 saturated carbocycles. The number of hydrogen-bond acceptors (Lipinski definition) is 2. The van der Waals surface area contributed by atoms with E-state index in [1.54, 1.807) is 6.26 Å². The second kappa shape index (κ2) is 6.06. The molecule has 1 aromatic carbocycles. The maximum Gasteiger partial charge on any atom is 0.117 e. The molecule has 88 valence electrons. The van der Waals surface area contributed by atoms with E-state index in [-0.39, 0.29) is 0 Å². The third-order valence-corrected chi connectivity index (χ3v) is 2.50. The molecule has 2 aromatic rings. The Morgan fingerprint density at radius 1 is 1.18 bits per heavy atom. The smallest absolute Gasteiger partial charge is 0.117 e. The summed E-state index contributed by atoms with van der Waals surface area (Å²) >= 11 is 0. The summed E-state index contributed by atoms with van der Waals surface area (Å²) in [6.45, 7) is 3.77. The van der Waals surface area contributed by atoms with Crippen LogP contribution in [0.4, 0.5) is 0 Å². The zero-order chi connectivity index (χ0) is 11.9. The van der Waals surface area contributed by atoms with Crippen LogP contribution in [0, 0.1) is 0 Å². The van der Waals surface area contributed by atoms with Crippen LogP contribution in [0.1, 0.15) is 18.2 Å². The molecule has 1 aromatic heterocycles. The van der Waals surface area contributed by atoms with E-state index in [9.17, 15) is 0 Å². The van der Waals surface area contributed by atoms with Gasteiger partial charge < -0.3 is 9.73 Å². The topological polar surface area (TPSA) is 25.2 Å². The molecule has 0 bridgehead atoms. The highest BCUT2D eigenvalue weighted by Gasteiger charge is 1.95. The van der Waals surface area contributed by atoms with E-state index in [2.05, 4.69) is 42.6 Å². The first-order valence-corrected chi connectivity index (χ1v) is 5.80. The first-order valence-electron chi connectivity index (χ1n) is 5.80. The second-order valence-corrected chi connectivity index (χ2v) is 4.08. The van der Waals surface area contributed by atoms with Gasteiger partial charge in [0, 0.05) is 6.54 Å². The van der Waals surface area contributed by atoms with Crippen molar-refractivity contribution < 1.29 is 4.42 Å². The molecule has 0 fully saturated rings. The SMILES string of the molecule is C/C(=C\c1ccccc1)CNCc1ccco1. The van der Waals surface area contributed by atoms with Crippen LogP contribution in [-0.2, 0) is 6.54 Å². The van der Waals surface area contributed by atoms with Crippen molar-refractivity contribution in [3.05, 3.63) is 65.6 Å². The van der Waals surface area contributed by atoms with Crippen LogP contribution in [0.3, 0.4) is 0 Å². The van der Waals surface area contributed by atoms with Gasteiger partial charge in [-0.15, -0.1) is 0 Å². The summed E-state index contributed by atoms with van der Waals surface area (Å²) in [5, 5.41) is 3.35. The van der Waals surface area contributed by atoms with Gasteiger partial charge in [-0.3, -0.25) is 0 Å². The Kier molecular flexibility index (Phi) is 4.17. The van der Waals surface area contributed by atoms with Crippen molar-refractivity contribution in [2.24, 2.45) is 0 Å². The molecule has 0 atom stereocenters. The summed E-state index contributed by atoms with van der Waals surface area (Å²) in [4.78, 5) is 0. The van der Waals surface area contributed by atoms with Crippen LogP contribution in [-0.4, -0.2) is 6.54 Å². The van der Waals surface area contributed by atoms with Crippen LogP contribution < -0.4 is 5.32 Å². The molecule has 1 heterocycles. The standard InChI is InChI=1S/C15H17NO/c1-13(10-14-6-3-2-4-7-14)11-16-12-15-8-5-9-17-15/h2-10,16H,11-12H2,1H3/b13-10+. The molecule has 0 spiro atoms. The molecule has 0 radical (unpaired) electrons. The fraction of sp³-hybridized carbons (Fsp3) is 0.200. The molecular formula is C15H17NO. The van der Waals surface area contributed by atoms with Crippen molar-refractivity contribution in [3.63, 3.8) is 0 Å². The second-order valence-electron chi connectivity index (χ2n) is 4.08. The molecule has 0 aliphatic rings. The molecule has 2 rings (SSSR count). The number of nitrogens with one attached hydrogen (secondary N) is 1. The highest BCUT2D eigenvalue weighted by molar-refractivity contribution is 5.52. The molecular weight excluding hydrogens is 210 g/mol. The fourth-order valence-electron chi connectivity index (χ4n) is 1.68. The van der Waals surface area contributed by atoms with Crippen LogP contribution in [0.25, 0.3) is 6.08 Å². The normalized spacial score (nSPS) is 11.7. The Morgan fingerprint density at radius 3 is 2.71 bits per heavy atom. The van der Waals surface area contributed by atoms with E-state index in [1.807, 2.05) is 18.2 Å². The van der Waals surface area contributed by atoms with Gasteiger partial charge >= 0.3 is 0 Å². The Bertz CT molecular complexity index is 457. The van der Waals surface area contributed by atoms with E-state index in [4.69, 9.17) is 4.42 Å². The molecule has 17 heavy (non-hydrogen) atoms. The van der Waals surface area contributed by atoms with E-state index in [0.29, 0.717) is 0 Å². The predicted molar refractivity (Wildman–Crippen MR) is 70.5 cm³/mol. The first kappa shape index (κ1) is 11.7. The van der Waals surface area contributed by atoms with Crippen LogP contribution in [0.5, 0.6) is 0 Å². The first-order chi connectivity index (χ1) is 8.34. The molecule has 0 amide bonds. The maximum absolute atomic E-state index is 5.25. The molecule has 0 aliphatic carbocycles. The number of rotatable bonds is 5. The van der Waals surface area contributed by atoms with Gasteiger partial charge in [-0.1, -0.05) is 42.0 Å². The Hall–Kier alpha value is -1.80. The van der Waals surface area contributed by atoms with Crippen molar-refractivity contribution in [2.75, 3.05) is 6.54 Å². The summed E-state index contributed by atoms with van der Waals surface area (Å²) < 4.78 is 5.25. The summed E-state index contributed by atoms with van der Waals surface area (Å²) in [6, 6.07) is 14.2. The van der Waals surface area contributed by atoms with Gasteiger partial charge in [-0.25, -0.2) is 0 Å². The summed E-state index contributed by atoms with van der Waals surface area (Å²) in [6.07, 6.45) is 3.89. The molecule has 2 heteroatoms.